The topological polar surface area (TPSA) is 75.2 Å². The molecule has 0 saturated carbocycles. The Hall–Kier alpha value is -3.54. The number of nitrogens with zero attached hydrogens (tertiary/aromatic N) is 3. The zero-order valence-electron chi connectivity index (χ0n) is 13.6. The number of pyridine rings is 2. The number of hydrogen-bond donors (Lipinski definition) is 1. The second-order valence-corrected chi connectivity index (χ2v) is 5.30. The van der Waals surface area contributed by atoms with Crippen molar-refractivity contribution in [1.29, 1.82) is 0 Å². The summed E-state index contributed by atoms with van der Waals surface area (Å²) in [5.41, 5.74) is 1.76. The number of nitrogens with one attached hydrogen (secondary N) is 1. The predicted octanol–water partition coefficient (Wildman–Crippen LogP) is 3.41. The number of carbonyl (C=O) groups excluding carboxylic acids is 2. The molecule has 0 spiro atoms. The van der Waals surface area contributed by atoms with Gasteiger partial charge in [0.25, 0.3) is 5.91 Å². The quantitative estimate of drug-likeness (QED) is 0.794. The molecule has 6 nitrogen and oxygen atoms in total. The second kappa shape index (κ2) is 7.35. The fourth-order valence-corrected chi connectivity index (χ4v) is 2.35. The first-order valence-corrected chi connectivity index (χ1v) is 7.68. The summed E-state index contributed by atoms with van der Waals surface area (Å²) in [7, 11) is 0. The van der Waals surface area contributed by atoms with Gasteiger partial charge in [0.15, 0.2) is 0 Å². The summed E-state index contributed by atoms with van der Waals surface area (Å²) in [5.74, 6) is 0.0296. The van der Waals surface area contributed by atoms with Gasteiger partial charge in [-0.3, -0.25) is 19.5 Å². The molecule has 0 saturated heterocycles. The highest BCUT2D eigenvalue weighted by molar-refractivity contribution is 6.10. The number of rotatable bonds is 4. The van der Waals surface area contributed by atoms with Crippen LogP contribution in [0, 0.1) is 0 Å². The summed E-state index contributed by atoms with van der Waals surface area (Å²) in [6.45, 7) is 1.41. The Morgan fingerprint density at radius 2 is 1.68 bits per heavy atom. The van der Waals surface area contributed by atoms with Crippen LogP contribution in [0.25, 0.3) is 0 Å². The van der Waals surface area contributed by atoms with Gasteiger partial charge < -0.3 is 5.32 Å². The predicted molar refractivity (Wildman–Crippen MR) is 95.7 cm³/mol. The molecular weight excluding hydrogens is 316 g/mol. The van der Waals surface area contributed by atoms with E-state index in [9.17, 15) is 9.59 Å². The van der Waals surface area contributed by atoms with Crippen molar-refractivity contribution in [2.24, 2.45) is 0 Å². The Bertz CT molecular complexity index is 865. The molecule has 6 heteroatoms. The maximum Gasteiger partial charge on any atom is 0.262 e. The van der Waals surface area contributed by atoms with Crippen LogP contribution in [-0.4, -0.2) is 21.8 Å². The molecule has 0 aliphatic heterocycles. The van der Waals surface area contributed by atoms with Crippen molar-refractivity contribution < 1.29 is 9.59 Å². The molecule has 2 heterocycles. The van der Waals surface area contributed by atoms with Crippen LogP contribution in [0.3, 0.4) is 0 Å². The van der Waals surface area contributed by atoms with Crippen LogP contribution in [0.5, 0.6) is 0 Å². The van der Waals surface area contributed by atoms with E-state index in [1.165, 1.54) is 11.8 Å². The van der Waals surface area contributed by atoms with E-state index in [1.54, 1.807) is 55.0 Å². The van der Waals surface area contributed by atoms with Crippen molar-refractivity contribution in [3.63, 3.8) is 0 Å². The highest BCUT2D eigenvalue weighted by Crippen LogP contribution is 2.27. The first-order chi connectivity index (χ1) is 12.1. The third kappa shape index (κ3) is 3.87. The van der Waals surface area contributed by atoms with Gasteiger partial charge in [0.05, 0.1) is 23.8 Å². The molecule has 0 atom stereocenters. The molecule has 2 aromatic heterocycles. The second-order valence-electron chi connectivity index (χ2n) is 5.30. The molecule has 0 bridgehead atoms. The molecule has 25 heavy (non-hydrogen) atoms. The zero-order chi connectivity index (χ0) is 17.6. The lowest BCUT2D eigenvalue weighted by molar-refractivity contribution is -0.114. The van der Waals surface area contributed by atoms with E-state index in [0.717, 1.165) is 0 Å². The summed E-state index contributed by atoms with van der Waals surface area (Å²) in [4.78, 5) is 34.0. The standard InChI is InChI=1S/C19H16N4O2/c1-14(24)22-18-10-9-17(13-21-18)23(16-8-5-11-20-12-16)19(25)15-6-3-2-4-7-15/h2-13H,1H3,(H,21,22,24). The van der Waals surface area contributed by atoms with Crippen molar-refractivity contribution in [2.45, 2.75) is 6.92 Å². The van der Waals surface area contributed by atoms with Crippen LogP contribution in [0.4, 0.5) is 17.2 Å². The van der Waals surface area contributed by atoms with Gasteiger partial charge in [-0.2, -0.15) is 0 Å². The third-order valence-corrected chi connectivity index (χ3v) is 3.44. The average molecular weight is 332 g/mol. The minimum absolute atomic E-state index is 0.192. The fourth-order valence-electron chi connectivity index (χ4n) is 2.35. The number of benzene rings is 1. The highest BCUT2D eigenvalue weighted by atomic mass is 16.2. The molecule has 2 amide bonds. The van der Waals surface area contributed by atoms with Gasteiger partial charge in [0.2, 0.25) is 5.91 Å². The summed E-state index contributed by atoms with van der Waals surface area (Å²) < 4.78 is 0. The van der Waals surface area contributed by atoms with E-state index in [0.29, 0.717) is 22.8 Å². The van der Waals surface area contributed by atoms with Crippen LogP contribution in [-0.2, 0) is 4.79 Å². The molecule has 0 aliphatic rings. The van der Waals surface area contributed by atoms with Crippen molar-refractivity contribution in [3.8, 4) is 0 Å². The molecule has 0 aliphatic carbocycles. The normalized spacial score (nSPS) is 10.1. The minimum atomic E-state index is -0.204. The van der Waals surface area contributed by atoms with E-state index in [-0.39, 0.29) is 11.8 Å². The van der Waals surface area contributed by atoms with Crippen LogP contribution in [0.1, 0.15) is 17.3 Å². The Labute approximate surface area is 145 Å². The Balaban J connectivity index is 2.00. The summed E-state index contributed by atoms with van der Waals surface area (Å²) in [6.07, 6.45) is 4.80. The maximum atomic E-state index is 13.0. The maximum absolute atomic E-state index is 13.0. The molecule has 1 N–H and O–H groups in total. The summed E-state index contributed by atoms with van der Waals surface area (Å²) >= 11 is 0. The minimum Gasteiger partial charge on any atom is -0.311 e. The Morgan fingerprint density at radius 1 is 0.920 bits per heavy atom. The largest absolute Gasteiger partial charge is 0.311 e. The fraction of sp³-hybridized carbons (Fsp3) is 0.0526. The molecule has 0 fully saturated rings. The van der Waals surface area contributed by atoms with Gasteiger partial charge in [-0.25, -0.2) is 4.98 Å². The van der Waals surface area contributed by atoms with Crippen molar-refractivity contribution in [2.75, 3.05) is 10.2 Å². The van der Waals surface area contributed by atoms with Crippen molar-refractivity contribution in [1.82, 2.24) is 9.97 Å². The van der Waals surface area contributed by atoms with E-state index in [2.05, 4.69) is 15.3 Å². The zero-order valence-corrected chi connectivity index (χ0v) is 13.6. The first kappa shape index (κ1) is 16.3. The lowest BCUT2D eigenvalue weighted by Gasteiger charge is -2.22. The summed E-state index contributed by atoms with van der Waals surface area (Å²) in [5, 5.41) is 2.61. The van der Waals surface area contributed by atoms with E-state index in [4.69, 9.17) is 0 Å². The molecule has 3 rings (SSSR count). The van der Waals surface area contributed by atoms with Gasteiger partial charge in [-0.05, 0) is 36.4 Å². The smallest absolute Gasteiger partial charge is 0.262 e. The van der Waals surface area contributed by atoms with Crippen LogP contribution < -0.4 is 10.2 Å². The van der Waals surface area contributed by atoms with E-state index >= 15 is 0 Å². The lowest BCUT2D eigenvalue weighted by Crippen LogP contribution is -2.26. The van der Waals surface area contributed by atoms with Crippen molar-refractivity contribution in [3.05, 3.63) is 78.8 Å². The number of amides is 2. The molecule has 1 aromatic carbocycles. The average Bonchev–Trinajstić information content (AvgIpc) is 2.64. The van der Waals surface area contributed by atoms with Crippen LogP contribution in [0.2, 0.25) is 0 Å². The van der Waals surface area contributed by atoms with Gasteiger partial charge in [-0.15, -0.1) is 0 Å². The number of anilines is 3. The van der Waals surface area contributed by atoms with Crippen LogP contribution >= 0.6 is 0 Å². The van der Waals surface area contributed by atoms with E-state index in [1.807, 2.05) is 18.2 Å². The van der Waals surface area contributed by atoms with Gasteiger partial charge >= 0.3 is 0 Å². The SMILES string of the molecule is CC(=O)Nc1ccc(N(C(=O)c2ccccc2)c2cccnc2)cn1. The van der Waals surface area contributed by atoms with Gasteiger partial charge in [0, 0.05) is 18.7 Å². The molecule has 0 radical (unpaired) electrons. The molecule has 0 unspecified atom stereocenters. The number of aromatic nitrogens is 2. The number of hydrogen-bond acceptors (Lipinski definition) is 4. The Morgan fingerprint density at radius 3 is 2.28 bits per heavy atom. The Kier molecular flexibility index (Phi) is 4.80. The molecule has 124 valence electrons. The van der Waals surface area contributed by atoms with Gasteiger partial charge in [-0.1, -0.05) is 18.2 Å². The lowest BCUT2D eigenvalue weighted by atomic mass is 10.1. The van der Waals surface area contributed by atoms with E-state index < -0.39 is 0 Å². The molecular formula is C19H16N4O2. The molecule has 3 aromatic rings. The van der Waals surface area contributed by atoms with Crippen LogP contribution in [0.15, 0.2) is 73.2 Å². The number of carbonyl (C=O) groups is 2. The third-order valence-electron chi connectivity index (χ3n) is 3.44. The first-order valence-electron chi connectivity index (χ1n) is 7.68. The highest BCUT2D eigenvalue weighted by Gasteiger charge is 2.20. The van der Waals surface area contributed by atoms with Gasteiger partial charge in [0.1, 0.15) is 5.82 Å². The van der Waals surface area contributed by atoms with Crippen molar-refractivity contribution >= 4 is 29.0 Å². The monoisotopic (exact) mass is 332 g/mol. The summed E-state index contributed by atoms with van der Waals surface area (Å²) in [6, 6.07) is 15.9.